The van der Waals surface area contributed by atoms with Crippen LogP contribution in [0.3, 0.4) is 0 Å². The monoisotopic (exact) mass is 348 g/mol. The van der Waals surface area contributed by atoms with Crippen molar-refractivity contribution < 1.29 is 27.8 Å². The summed E-state index contributed by atoms with van der Waals surface area (Å²) in [6.07, 6.45) is 0. The summed E-state index contributed by atoms with van der Waals surface area (Å²) in [5, 5.41) is 0. The summed E-state index contributed by atoms with van der Waals surface area (Å²) in [6, 6.07) is 1.67. The van der Waals surface area contributed by atoms with Crippen LogP contribution in [0, 0.1) is 11.6 Å². The quantitative estimate of drug-likeness (QED) is 0.548. The Morgan fingerprint density at radius 3 is 2.08 bits per heavy atom. The van der Waals surface area contributed by atoms with Gasteiger partial charge in [-0.25, -0.2) is 33.3 Å². The predicted molar refractivity (Wildman–Crippen MR) is 81.8 cm³/mol. The lowest BCUT2D eigenvalue weighted by molar-refractivity contribution is 0.0551. The van der Waals surface area contributed by atoms with Gasteiger partial charge in [0, 0.05) is 12.1 Å². The van der Waals surface area contributed by atoms with E-state index in [-0.39, 0.29) is 33.4 Å². The Labute approximate surface area is 138 Å². The molecule has 0 atom stereocenters. The normalized spacial score (nSPS) is 10.9. The molecule has 0 unspecified atom stereocenters. The molecule has 0 aliphatic heterocycles. The Bertz CT molecular complexity index is 1060. The van der Waals surface area contributed by atoms with Crippen molar-refractivity contribution in [3.05, 3.63) is 35.0 Å². The minimum Gasteiger partial charge on any atom is -0.465 e. The highest BCUT2D eigenvalue weighted by Crippen LogP contribution is 2.27. The van der Waals surface area contributed by atoms with Gasteiger partial charge in [-0.05, 0) is 0 Å². The van der Waals surface area contributed by atoms with Crippen LogP contribution in [0.5, 0.6) is 0 Å². The summed E-state index contributed by atoms with van der Waals surface area (Å²) >= 11 is 0. The molecule has 8 nitrogen and oxygen atoms in total. The lowest BCUT2D eigenvalue weighted by Gasteiger charge is -2.11. The third kappa shape index (κ3) is 2.57. The minimum atomic E-state index is -1.12. The molecule has 3 aromatic rings. The lowest BCUT2D eigenvalue weighted by Crippen LogP contribution is -2.17. The Morgan fingerprint density at radius 2 is 1.52 bits per heavy atom. The summed E-state index contributed by atoms with van der Waals surface area (Å²) in [5.41, 5.74) is 4.72. The van der Waals surface area contributed by atoms with Crippen molar-refractivity contribution in [1.29, 1.82) is 0 Å². The van der Waals surface area contributed by atoms with Crippen molar-refractivity contribution in [2.45, 2.75) is 0 Å². The molecule has 3 rings (SSSR count). The molecule has 10 heteroatoms. The Morgan fingerprint density at radius 1 is 0.960 bits per heavy atom. The van der Waals surface area contributed by atoms with E-state index in [9.17, 15) is 18.4 Å². The van der Waals surface area contributed by atoms with Crippen LogP contribution < -0.4 is 5.73 Å². The van der Waals surface area contributed by atoms with E-state index in [4.69, 9.17) is 5.73 Å². The summed E-state index contributed by atoms with van der Waals surface area (Å²) in [7, 11) is 2.19. The first kappa shape index (κ1) is 16.4. The van der Waals surface area contributed by atoms with Gasteiger partial charge in [0.1, 0.15) is 11.1 Å². The van der Waals surface area contributed by atoms with Crippen LogP contribution in [0.4, 0.5) is 14.5 Å². The van der Waals surface area contributed by atoms with Gasteiger partial charge in [-0.3, -0.25) is 0 Å². The average molecular weight is 348 g/mol. The van der Waals surface area contributed by atoms with Crippen LogP contribution in [0.25, 0.3) is 22.2 Å². The number of nitrogens with zero attached hydrogens (tertiary/aromatic N) is 3. The van der Waals surface area contributed by atoms with E-state index in [0.29, 0.717) is 0 Å². The van der Waals surface area contributed by atoms with Gasteiger partial charge in [-0.1, -0.05) is 0 Å². The third-order valence-corrected chi connectivity index (χ3v) is 3.44. The number of nitrogens with two attached hydrogens (primary N) is 1. The molecule has 0 fully saturated rings. The second-order valence-corrected chi connectivity index (χ2v) is 4.88. The van der Waals surface area contributed by atoms with Crippen molar-refractivity contribution in [1.82, 2.24) is 15.0 Å². The van der Waals surface area contributed by atoms with E-state index in [1.54, 1.807) is 0 Å². The maximum absolute atomic E-state index is 13.4. The molecule has 0 saturated carbocycles. The smallest absolute Gasteiger partial charge is 0.357 e. The first-order chi connectivity index (χ1) is 11.9. The SMILES string of the molecule is COC(=O)c1nc2nc3cc(F)c(F)cc3nc2c(N)c1C(=O)OC. The maximum Gasteiger partial charge on any atom is 0.357 e. The molecule has 2 heterocycles. The molecule has 0 spiro atoms. The number of carbonyl (C=O) groups is 2. The van der Waals surface area contributed by atoms with Crippen LogP contribution in [-0.4, -0.2) is 41.1 Å². The van der Waals surface area contributed by atoms with Crippen LogP contribution in [0.1, 0.15) is 20.8 Å². The molecule has 25 heavy (non-hydrogen) atoms. The van der Waals surface area contributed by atoms with E-state index in [1.807, 2.05) is 0 Å². The molecular weight excluding hydrogens is 338 g/mol. The number of halogens is 2. The fraction of sp³-hybridized carbons (Fsp3) is 0.133. The summed E-state index contributed by atoms with van der Waals surface area (Å²) in [4.78, 5) is 35.9. The molecule has 0 bridgehead atoms. The van der Waals surface area contributed by atoms with Gasteiger partial charge in [0.2, 0.25) is 0 Å². The lowest BCUT2D eigenvalue weighted by atomic mass is 10.1. The number of benzene rings is 1. The van der Waals surface area contributed by atoms with Crippen LogP contribution in [0.15, 0.2) is 12.1 Å². The molecule has 2 aromatic heterocycles. The fourth-order valence-electron chi connectivity index (χ4n) is 2.26. The molecule has 128 valence electrons. The molecule has 0 radical (unpaired) electrons. The molecule has 0 aliphatic rings. The van der Waals surface area contributed by atoms with E-state index in [0.717, 1.165) is 26.4 Å². The summed E-state index contributed by atoms with van der Waals surface area (Å²) < 4.78 is 36.0. The number of fused-ring (bicyclic) bond motifs is 2. The number of ether oxygens (including phenoxy) is 2. The minimum absolute atomic E-state index is 0.0000612. The van der Waals surface area contributed by atoms with Crippen molar-refractivity contribution in [2.75, 3.05) is 20.0 Å². The first-order valence-electron chi connectivity index (χ1n) is 6.80. The van der Waals surface area contributed by atoms with Crippen LogP contribution in [-0.2, 0) is 9.47 Å². The number of aromatic nitrogens is 3. The summed E-state index contributed by atoms with van der Waals surface area (Å²) in [6.45, 7) is 0. The number of hydrogen-bond acceptors (Lipinski definition) is 8. The number of carbonyl (C=O) groups excluding carboxylic acids is 2. The van der Waals surface area contributed by atoms with Crippen molar-refractivity contribution in [3.63, 3.8) is 0 Å². The third-order valence-electron chi connectivity index (χ3n) is 3.44. The highest BCUT2D eigenvalue weighted by Gasteiger charge is 2.27. The topological polar surface area (TPSA) is 117 Å². The standard InChI is InChI=1S/C15H10F2N4O4/c1-24-14(22)9-10(18)12-13(21-11(9)15(23)25-2)20-8-4-6(17)5(16)3-7(8)19-12/h3-4H,1-2H3,(H2,18,20,21). The molecule has 2 N–H and O–H groups in total. The maximum atomic E-state index is 13.4. The van der Waals surface area contributed by atoms with Gasteiger partial charge < -0.3 is 15.2 Å². The second-order valence-electron chi connectivity index (χ2n) is 4.88. The van der Waals surface area contributed by atoms with Crippen molar-refractivity contribution in [3.8, 4) is 0 Å². The van der Waals surface area contributed by atoms with Gasteiger partial charge in [0.15, 0.2) is 23.0 Å². The van der Waals surface area contributed by atoms with E-state index >= 15 is 0 Å². The number of nitrogen functional groups attached to an aromatic ring is 1. The van der Waals surface area contributed by atoms with Gasteiger partial charge >= 0.3 is 11.9 Å². The van der Waals surface area contributed by atoms with Gasteiger partial charge in [0.25, 0.3) is 0 Å². The highest BCUT2D eigenvalue weighted by molar-refractivity contribution is 6.10. The summed E-state index contributed by atoms with van der Waals surface area (Å²) in [5.74, 6) is -4.11. The molecule has 0 saturated heterocycles. The van der Waals surface area contributed by atoms with Crippen molar-refractivity contribution in [2.24, 2.45) is 0 Å². The Kier molecular flexibility index (Phi) is 3.87. The zero-order chi connectivity index (χ0) is 18.3. The van der Waals surface area contributed by atoms with E-state index in [2.05, 4.69) is 24.4 Å². The Balaban J connectivity index is 2.43. The number of rotatable bonds is 2. The largest absolute Gasteiger partial charge is 0.465 e. The zero-order valence-corrected chi connectivity index (χ0v) is 13.0. The molecule has 1 aromatic carbocycles. The van der Waals surface area contributed by atoms with Gasteiger partial charge in [-0.2, -0.15) is 0 Å². The highest BCUT2D eigenvalue weighted by atomic mass is 19.2. The predicted octanol–water partition coefficient (Wildman–Crippen LogP) is 1.61. The molecule has 0 aliphatic carbocycles. The van der Waals surface area contributed by atoms with Crippen molar-refractivity contribution >= 4 is 39.8 Å². The number of pyridine rings is 1. The molecule has 0 amide bonds. The fourth-order valence-corrected chi connectivity index (χ4v) is 2.26. The number of anilines is 1. The number of esters is 2. The van der Waals surface area contributed by atoms with E-state index < -0.39 is 29.3 Å². The first-order valence-corrected chi connectivity index (χ1v) is 6.80. The van der Waals surface area contributed by atoms with Crippen LogP contribution >= 0.6 is 0 Å². The average Bonchev–Trinajstić information content (AvgIpc) is 2.60. The number of hydrogen-bond donors (Lipinski definition) is 1. The van der Waals surface area contributed by atoms with Gasteiger partial charge in [-0.15, -0.1) is 0 Å². The second kappa shape index (κ2) is 5.89. The molecular formula is C15H10F2N4O4. The Hall–Kier alpha value is -3.43. The zero-order valence-electron chi connectivity index (χ0n) is 13.0. The van der Waals surface area contributed by atoms with E-state index in [1.165, 1.54) is 0 Å². The van der Waals surface area contributed by atoms with Crippen LogP contribution in [0.2, 0.25) is 0 Å². The number of methoxy groups -OCH3 is 2. The van der Waals surface area contributed by atoms with Gasteiger partial charge in [0.05, 0.1) is 30.9 Å².